The minimum atomic E-state index is -0.323. The van der Waals surface area contributed by atoms with Gasteiger partial charge in [-0.05, 0) is 47.1 Å². The number of pyridine rings is 1. The Balaban J connectivity index is 1.87. The first-order valence-electron chi connectivity index (χ1n) is 8.51. The van der Waals surface area contributed by atoms with E-state index in [2.05, 4.69) is 26.2 Å². The number of halogens is 3. The van der Waals surface area contributed by atoms with Crippen molar-refractivity contribution >= 4 is 62.8 Å². The van der Waals surface area contributed by atoms with Gasteiger partial charge in [0.25, 0.3) is 0 Å². The molecule has 3 rings (SSSR count). The molecule has 0 aliphatic heterocycles. The monoisotopic (exact) mass is 498 g/mol. The highest BCUT2D eigenvalue weighted by Crippen LogP contribution is 2.35. The second-order valence-corrected chi connectivity index (χ2v) is 7.69. The van der Waals surface area contributed by atoms with Gasteiger partial charge in [0.15, 0.2) is 11.4 Å². The smallest absolute Gasteiger partial charge is 0.246 e. The maximum absolute atomic E-state index is 12.2. The fourth-order valence-electron chi connectivity index (χ4n) is 2.75. The predicted molar refractivity (Wildman–Crippen MR) is 116 cm³/mol. The summed E-state index contributed by atoms with van der Waals surface area (Å²) in [6, 6.07) is 6.94. The van der Waals surface area contributed by atoms with E-state index in [4.69, 9.17) is 27.9 Å². The molecule has 152 valence electrons. The zero-order chi connectivity index (χ0) is 21.1. The summed E-state index contributed by atoms with van der Waals surface area (Å²) < 4.78 is 8.68. The van der Waals surface area contributed by atoms with Crippen molar-refractivity contribution in [3.8, 4) is 5.75 Å². The van der Waals surface area contributed by atoms with Crippen LogP contribution in [0.25, 0.3) is 5.65 Å². The van der Waals surface area contributed by atoms with Crippen LogP contribution in [0, 0.1) is 6.92 Å². The summed E-state index contributed by atoms with van der Waals surface area (Å²) in [6.07, 6.45) is 2.34. The van der Waals surface area contributed by atoms with Crippen molar-refractivity contribution in [2.24, 2.45) is 0 Å². The average Bonchev–Trinajstić information content (AvgIpc) is 3.00. The lowest BCUT2D eigenvalue weighted by Crippen LogP contribution is -2.35. The highest BCUT2D eigenvalue weighted by Gasteiger charge is 2.19. The Bertz CT molecular complexity index is 1090. The van der Waals surface area contributed by atoms with Crippen LogP contribution in [0.5, 0.6) is 5.75 Å². The van der Waals surface area contributed by atoms with Crippen LogP contribution in [0.1, 0.15) is 11.3 Å². The highest BCUT2D eigenvalue weighted by molar-refractivity contribution is 9.10. The number of likely N-dealkylation sites (N-methyl/N-ethyl adjacent to an activating group) is 1. The molecule has 29 heavy (non-hydrogen) atoms. The highest BCUT2D eigenvalue weighted by atomic mass is 79.9. The number of anilines is 1. The summed E-state index contributed by atoms with van der Waals surface area (Å²) >= 11 is 16.4. The molecule has 0 bridgehead atoms. The van der Waals surface area contributed by atoms with Crippen LogP contribution in [-0.4, -0.2) is 35.3 Å². The number of carbonyl (C=O) groups excluding carboxylic acids is 2. The van der Waals surface area contributed by atoms with E-state index in [-0.39, 0.29) is 19.1 Å². The van der Waals surface area contributed by atoms with E-state index in [1.54, 1.807) is 25.2 Å². The number of ether oxygens (including phenoxy) is 1. The lowest BCUT2D eigenvalue weighted by Gasteiger charge is -2.21. The molecule has 2 aromatic heterocycles. The third-order valence-electron chi connectivity index (χ3n) is 4.32. The quantitative estimate of drug-likeness (QED) is 0.498. The van der Waals surface area contributed by atoms with Crippen LogP contribution in [0.15, 0.2) is 35.1 Å². The van der Waals surface area contributed by atoms with Crippen molar-refractivity contribution < 1.29 is 14.3 Å². The fourth-order valence-corrected chi connectivity index (χ4v) is 3.73. The molecule has 0 aliphatic rings. The predicted octanol–water partition coefficient (Wildman–Crippen LogP) is 4.00. The zero-order valence-electron chi connectivity index (χ0n) is 15.6. The second-order valence-electron chi connectivity index (χ2n) is 6.15. The first-order valence-corrected chi connectivity index (χ1v) is 10.1. The van der Waals surface area contributed by atoms with Crippen molar-refractivity contribution in [3.63, 3.8) is 0 Å². The number of hydrogen-bond donors (Lipinski definition) is 1. The second kappa shape index (κ2) is 9.02. The SMILES string of the molecule is Cc1nc2c(OCc3c(Cl)ccc(N(C)C(=O)CNC=O)c3Cl)cccn2c1Br. The van der Waals surface area contributed by atoms with Gasteiger partial charge in [-0.1, -0.05) is 23.2 Å². The van der Waals surface area contributed by atoms with Crippen LogP contribution in [0.2, 0.25) is 10.0 Å². The standard InChI is InChI=1S/C19H17BrCl2N4O3/c1-11-18(20)26-7-3-4-15(19(26)24-11)29-9-12-13(21)5-6-14(17(12)22)25(2)16(28)8-23-10-27/h3-7,10H,8-9H2,1-2H3,(H,23,27). The number of fused-ring (bicyclic) bond motifs is 1. The zero-order valence-corrected chi connectivity index (χ0v) is 18.7. The van der Waals surface area contributed by atoms with Gasteiger partial charge < -0.3 is 15.0 Å². The molecule has 0 aliphatic carbocycles. The Morgan fingerprint density at radius 1 is 1.38 bits per heavy atom. The number of nitrogens with one attached hydrogen (secondary N) is 1. The van der Waals surface area contributed by atoms with E-state index < -0.39 is 0 Å². The van der Waals surface area contributed by atoms with Crippen molar-refractivity contribution in [2.45, 2.75) is 13.5 Å². The number of rotatable bonds is 7. The van der Waals surface area contributed by atoms with E-state index in [0.29, 0.717) is 39.1 Å². The van der Waals surface area contributed by atoms with Crippen molar-refractivity contribution in [1.82, 2.24) is 14.7 Å². The van der Waals surface area contributed by atoms with Gasteiger partial charge >= 0.3 is 0 Å². The maximum Gasteiger partial charge on any atom is 0.246 e. The molecule has 1 N–H and O–H groups in total. The maximum atomic E-state index is 12.2. The molecule has 0 fully saturated rings. The van der Waals surface area contributed by atoms with Gasteiger partial charge in [0.2, 0.25) is 12.3 Å². The summed E-state index contributed by atoms with van der Waals surface area (Å²) in [5, 5.41) is 3.05. The molecule has 0 saturated carbocycles. The summed E-state index contributed by atoms with van der Waals surface area (Å²) in [7, 11) is 1.57. The number of carbonyl (C=O) groups is 2. The Morgan fingerprint density at radius 3 is 2.86 bits per heavy atom. The van der Waals surface area contributed by atoms with Crippen LogP contribution in [0.4, 0.5) is 5.69 Å². The van der Waals surface area contributed by atoms with Gasteiger partial charge in [0.05, 0.1) is 22.9 Å². The lowest BCUT2D eigenvalue weighted by molar-refractivity contribution is -0.119. The number of benzene rings is 1. The Hall–Kier alpha value is -2.29. The summed E-state index contributed by atoms with van der Waals surface area (Å²) in [5.74, 6) is 0.245. The van der Waals surface area contributed by atoms with Gasteiger partial charge in [-0.2, -0.15) is 0 Å². The van der Waals surface area contributed by atoms with Crippen LogP contribution >= 0.6 is 39.1 Å². The summed E-state index contributed by atoms with van der Waals surface area (Å²) in [4.78, 5) is 28.5. The topological polar surface area (TPSA) is 75.9 Å². The van der Waals surface area contributed by atoms with Crippen molar-refractivity contribution in [1.29, 1.82) is 0 Å². The molecule has 0 saturated heterocycles. The first kappa shape index (κ1) is 21.4. The molecule has 0 atom stereocenters. The van der Waals surface area contributed by atoms with E-state index in [1.807, 2.05) is 23.6 Å². The van der Waals surface area contributed by atoms with Crippen molar-refractivity contribution in [3.05, 3.63) is 56.4 Å². The third-order valence-corrected chi connectivity index (χ3v) is 6.06. The molecule has 2 amide bonds. The number of aryl methyl sites for hydroxylation is 1. The van der Waals surface area contributed by atoms with Crippen LogP contribution in [-0.2, 0) is 16.2 Å². The van der Waals surface area contributed by atoms with E-state index in [1.165, 1.54) is 4.90 Å². The van der Waals surface area contributed by atoms with Gasteiger partial charge in [0, 0.05) is 23.8 Å². The number of amides is 2. The molecule has 7 nitrogen and oxygen atoms in total. The number of hydrogen-bond acceptors (Lipinski definition) is 4. The molecule has 3 aromatic rings. The normalized spacial score (nSPS) is 10.8. The Kier molecular flexibility index (Phi) is 6.66. The molecule has 2 heterocycles. The van der Waals surface area contributed by atoms with Gasteiger partial charge in [0.1, 0.15) is 11.2 Å². The first-order chi connectivity index (χ1) is 13.8. The summed E-state index contributed by atoms with van der Waals surface area (Å²) in [5.41, 5.74) is 2.50. The minimum Gasteiger partial charge on any atom is -0.485 e. The summed E-state index contributed by atoms with van der Waals surface area (Å²) in [6.45, 7) is 1.84. The van der Waals surface area contributed by atoms with Crippen LogP contribution < -0.4 is 15.0 Å². The minimum absolute atomic E-state index is 0.0866. The van der Waals surface area contributed by atoms with Crippen LogP contribution in [0.3, 0.4) is 0 Å². The number of imidazole rings is 1. The molecule has 1 aromatic carbocycles. The van der Waals surface area contributed by atoms with E-state index in [9.17, 15) is 9.59 Å². The largest absolute Gasteiger partial charge is 0.485 e. The van der Waals surface area contributed by atoms with E-state index >= 15 is 0 Å². The molecule has 0 radical (unpaired) electrons. The average molecular weight is 500 g/mol. The Morgan fingerprint density at radius 2 is 2.14 bits per heavy atom. The van der Waals surface area contributed by atoms with Gasteiger partial charge in [-0.25, -0.2) is 4.98 Å². The van der Waals surface area contributed by atoms with Crippen molar-refractivity contribution in [2.75, 3.05) is 18.5 Å². The third kappa shape index (κ3) is 4.34. The number of nitrogens with zero attached hydrogens (tertiary/aromatic N) is 3. The van der Waals surface area contributed by atoms with Gasteiger partial charge in [-0.3, -0.25) is 14.0 Å². The van der Waals surface area contributed by atoms with E-state index in [0.717, 1.165) is 10.3 Å². The molecular weight excluding hydrogens is 483 g/mol. The number of aromatic nitrogens is 2. The van der Waals surface area contributed by atoms with Gasteiger partial charge in [-0.15, -0.1) is 0 Å². The molecule has 0 unspecified atom stereocenters. The molecular formula is C19H17BrCl2N4O3. The molecule has 10 heteroatoms. The lowest BCUT2D eigenvalue weighted by atomic mass is 10.2. The molecule has 0 spiro atoms. The fraction of sp³-hybridized carbons (Fsp3) is 0.211. The Labute approximate surface area is 185 Å².